The summed E-state index contributed by atoms with van der Waals surface area (Å²) in [6.45, 7) is 0.827. The van der Waals surface area contributed by atoms with Gasteiger partial charge in [0, 0.05) is 22.7 Å². The van der Waals surface area contributed by atoms with Crippen molar-refractivity contribution in [2.24, 2.45) is 0 Å². The van der Waals surface area contributed by atoms with Gasteiger partial charge in [0.2, 0.25) is 0 Å². The van der Waals surface area contributed by atoms with Crippen LogP contribution in [-0.4, -0.2) is 4.99 Å². The summed E-state index contributed by atoms with van der Waals surface area (Å²) in [7, 11) is 0. The highest BCUT2D eigenvalue weighted by Crippen LogP contribution is 2.27. The van der Waals surface area contributed by atoms with Crippen LogP contribution in [0.2, 0.25) is 10.0 Å². The van der Waals surface area contributed by atoms with Gasteiger partial charge in [-0.25, -0.2) is 4.39 Å². The van der Waals surface area contributed by atoms with Gasteiger partial charge in [0.25, 0.3) is 0 Å². The van der Waals surface area contributed by atoms with Crippen molar-refractivity contribution >= 4 is 40.4 Å². The molecule has 0 bridgehead atoms. The van der Waals surface area contributed by atoms with Crippen LogP contribution in [-0.2, 0) is 13.2 Å². The number of nitrogens with one attached hydrogen (secondary N) is 1. The largest absolute Gasteiger partial charge is 0.487 e. The molecule has 27 heavy (non-hydrogen) atoms. The van der Waals surface area contributed by atoms with Crippen molar-refractivity contribution < 1.29 is 9.13 Å². The Morgan fingerprint density at radius 2 is 1.70 bits per heavy atom. The van der Waals surface area contributed by atoms with Gasteiger partial charge in [-0.15, -0.1) is 0 Å². The van der Waals surface area contributed by atoms with Gasteiger partial charge < -0.3 is 10.1 Å². The molecule has 0 amide bonds. The second-order valence-corrected chi connectivity index (χ2v) is 7.06. The number of ether oxygens (including phenoxy) is 1. The fourth-order valence-electron chi connectivity index (χ4n) is 2.42. The first kappa shape index (κ1) is 19.6. The molecule has 0 fully saturated rings. The number of benzene rings is 3. The smallest absolute Gasteiger partial charge is 0.138 e. The predicted molar refractivity (Wildman–Crippen MR) is 112 cm³/mol. The number of halogens is 3. The Morgan fingerprint density at radius 3 is 2.41 bits per heavy atom. The number of hydrogen-bond donors (Lipinski definition) is 1. The molecule has 0 unspecified atom stereocenters. The number of rotatable bonds is 6. The second-order valence-electron chi connectivity index (χ2n) is 5.83. The van der Waals surface area contributed by atoms with Crippen LogP contribution in [0.15, 0.2) is 66.7 Å². The first-order valence-corrected chi connectivity index (χ1v) is 9.38. The maximum Gasteiger partial charge on any atom is 0.138 e. The first-order chi connectivity index (χ1) is 13.0. The van der Waals surface area contributed by atoms with Crippen molar-refractivity contribution in [3.05, 3.63) is 99.3 Å². The highest BCUT2D eigenvalue weighted by molar-refractivity contribution is 7.80. The van der Waals surface area contributed by atoms with Crippen molar-refractivity contribution in [1.29, 1.82) is 0 Å². The molecule has 0 aliphatic carbocycles. The molecule has 0 atom stereocenters. The summed E-state index contributed by atoms with van der Waals surface area (Å²) in [5.41, 5.74) is 2.60. The van der Waals surface area contributed by atoms with E-state index in [9.17, 15) is 4.39 Å². The summed E-state index contributed by atoms with van der Waals surface area (Å²) in [6, 6.07) is 19.1. The van der Waals surface area contributed by atoms with Gasteiger partial charge in [0.15, 0.2) is 0 Å². The van der Waals surface area contributed by atoms with Crippen molar-refractivity contribution in [2.45, 2.75) is 13.2 Å². The third kappa shape index (κ3) is 5.42. The van der Waals surface area contributed by atoms with Crippen LogP contribution in [0.5, 0.6) is 5.75 Å². The highest BCUT2D eigenvalue weighted by atomic mass is 35.5. The average Bonchev–Trinajstić information content (AvgIpc) is 2.67. The van der Waals surface area contributed by atoms with E-state index in [4.69, 9.17) is 40.2 Å². The van der Waals surface area contributed by atoms with Crippen LogP contribution in [0.25, 0.3) is 0 Å². The lowest BCUT2D eigenvalue weighted by Crippen LogP contribution is -2.21. The van der Waals surface area contributed by atoms with Crippen LogP contribution in [0.1, 0.15) is 16.7 Å². The molecule has 1 N–H and O–H groups in total. The molecule has 3 aromatic rings. The van der Waals surface area contributed by atoms with Gasteiger partial charge in [-0.3, -0.25) is 0 Å². The summed E-state index contributed by atoms with van der Waals surface area (Å²) in [6.07, 6.45) is 0. The van der Waals surface area contributed by atoms with Crippen molar-refractivity contribution in [2.75, 3.05) is 0 Å². The van der Waals surface area contributed by atoms with Gasteiger partial charge in [-0.2, -0.15) is 0 Å². The maximum atomic E-state index is 12.9. The second kappa shape index (κ2) is 9.18. The van der Waals surface area contributed by atoms with E-state index in [0.717, 1.165) is 16.7 Å². The van der Waals surface area contributed by atoms with E-state index < -0.39 is 0 Å². The third-order valence-corrected chi connectivity index (χ3v) is 4.95. The minimum atomic E-state index is -0.263. The van der Waals surface area contributed by atoms with E-state index in [1.165, 1.54) is 12.1 Å². The molecule has 0 saturated heterocycles. The minimum absolute atomic E-state index is 0.263. The molecule has 0 heterocycles. The number of thiocarbonyl (C=S) groups is 1. The van der Waals surface area contributed by atoms with E-state index in [2.05, 4.69) is 5.32 Å². The lowest BCUT2D eigenvalue weighted by atomic mass is 10.2. The average molecular weight is 420 g/mol. The van der Waals surface area contributed by atoms with Crippen LogP contribution in [0, 0.1) is 5.82 Å². The van der Waals surface area contributed by atoms with Gasteiger partial charge in [-0.05, 0) is 42.0 Å². The molecule has 0 spiro atoms. The van der Waals surface area contributed by atoms with Gasteiger partial charge in [-0.1, -0.05) is 65.8 Å². The van der Waals surface area contributed by atoms with Crippen LogP contribution in [0.3, 0.4) is 0 Å². The van der Waals surface area contributed by atoms with Gasteiger partial charge >= 0.3 is 0 Å². The Bertz CT molecular complexity index is 947. The Labute approximate surface area is 172 Å². The molecule has 3 aromatic carbocycles. The predicted octanol–water partition coefficient (Wildman–Crippen LogP) is 6.18. The van der Waals surface area contributed by atoms with Crippen molar-refractivity contribution in [1.82, 2.24) is 5.32 Å². The van der Waals surface area contributed by atoms with Crippen LogP contribution < -0.4 is 10.1 Å². The molecule has 0 saturated carbocycles. The normalized spacial score (nSPS) is 10.5. The molecule has 6 heteroatoms. The lowest BCUT2D eigenvalue weighted by Gasteiger charge is -2.12. The summed E-state index contributed by atoms with van der Waals surface area (Å²) in [5, 5.41) is 4.25. The summed E-state index contributed by atoms with van der Waals surface area (Å²) < 4.78 is 18.7. The summed E-state index contributed by atoms with van der Waals surface area (Å²) in [5.74, 6) is 0.294. The Hall–Kier alpha value is -2.14. The van der Waals surface area contributed by atoms with Crippen LogP contribution in [0.4, 0.5) is 4.39 Å². The van der Waals surface area contributed by atoms with E-state index >= 15 is 0 Å². The lowest BCUT2D eigenvalue weighted by molar-refractivity contribution is 0.306. The zero-order valence-electron chi connectivity index (χ0n) is 14.2. The SMILES string of the molecule is Fc1ccc(CNC(=S)c2ccc(OCc3ccccc3Cl)c(Cl)c2)cc1. The maximum absolute atomic E-state index is 12.9. The molecule has 0 aliphatic rings. The molecule has 0 aromatic heterocycles. The van der Waals surface area contributed by atoms with E-state index in [1.807, 2.05) is 30.3 Å². The summed E-state index contributed by atoms with van der Waals surface area (Å²) in [4.78, 5) is 0.555. The van der Waals surface area contributed by atoms with E-state index in [0.29, 0.717) is 33.9 Å². The fraction of sp³-hybridized carbons (Fsp3) is 0.0952. The zero-order chi connectivity index (χ0) is 19.2. The molecule has 0 aliphatic heterocycles. The quantitative estimate of drug-likeness (QED) is 0.482. The topological polar surface area (TPSA) is 21.3 Å². The highest BCUT2D eigenvalue weighted by Gasteiger charge is 2.08. The molecule has 3 rings (SSSR count). The number of hydrogen-bond acceptors (Lipinski definition) is 2. The third-order valence-electron chi connectivity index (χ3n) is 3.90. The monoisotopic (exact) mass is 419 g/mol. The Morgan fingerprint density at radius 1 is 0.963 bits per heavy atom. The molecular weight excluding hydrogens is 404 g/mol. The summed E-state index contributed by atoms with van der Waals surface area (Å²) >= 11 is 17.9. The van der Waals surface area contributed by atoms with Gasteiger partial charge in [0.1, 0.15) is 23.2 Å². The van der Waals surface area contributed by atoms with E-state index in [1.54, 1.807) is 24.3 Å². The molecular formula is C21H16Cl2FNOS. The van der Waals surface area contributed by atoms with Gasteiger partial charge in [0.05, 0.1) is 5.02 Å². The Balaban J connectivity index is 1.60. The van der Waals surface area contributed by atoms with Crippen LogP contribution >= 0.6 is 35.4 Å². The molecule has 2 nitrogen and oxygen atoms in total. The zero-order valence-corrected chi connectivity index (χ0v) is 16.5. The van der Waals surface area contributed by atoms with Crippen molar-refractivity contribution in [3.8, 4) is 5.75 Å². The van der Waals surface area contributed by atoms with E-state index in [-0.39, 0.29) is 5.82 Å². The fourth-order valence-corrected chi connectivity index (χ4v) is 3.04. The standard InChI is InChI=1S/C21H16Cl2FNOS/c22-18-4-2-1-3-16(18)13-26-20-10-7-15(11-19(20)23)21(27)25-12-14-5-8-17(24)9-6-14/h1-11H,12-13H2,(H,25,27). The minimum Gasteiger partial charge on any atom is -0.487 e. The van der Waals surface area contributed by atoms with Crippen molar-refractivity contribution in [3.63, 3.8) is 0 Å². The molecule has 138 valence electrons. The Kier molecular flexibility index (Phi) is 6.67. The molecule has 0 radical (unpaired) electrons. The first-order valence-electron chi connectivity index (χ1n) is 8.21.